The fourth-order valence-electron chi connectivity index (χ4n) is 2.67. The molecule has 0 unspecified atom stereocenters. The molecule has 1 heterocycles. The topological polar surface area (TPSA) is 41.5 Å². The summed E-state index contributed by atoms with van der Waals surface area (Å²) in [5, 5.41) is 5.18. The number of halogens is 1. The Labute approximate surface area is 98.8 Å². The van der Waals surface area contributed by atoms with E-state index in [4.69, 9.17) is 0 Å². The maximum absolute atomic E-state index is 12.0. The highest BCUT2D eigenvalue weighted by Crippen LogP contribution is 2.38. The number of hydrogen-bond donors (Lipinski definition) is 1. The van der Waals surface area contributed by atoms with Gasteiger partial charge >= 0.3 is 0 Å². The summed E-state index contributed by atoms with van der Waals surface area (Å²) in [7, 11) is 0. The number of alkyl halides is 1. The van der Waals surface area contributed by atoms with Gasteiger partial charge in [0.1, 0.15) is 5.78 Å². The zero-order chi connectivity index (χ0) is 11.1. The van der Waals surface area contributed by atoms with E-state index in [0.29, 0.717) is 12.2 Å². The Morgan fingerprint density at radius 3 is 3.00 bits per heavy atom. The van der Waals surface area contributed by atoms with Crippen molar-refractivity contribution < 1.29 is 4.79 Å². The van der Waals surface area contributed by atoms with Crippen LogP contribution in [0.15, 0.2) is 5.10 Å². The predicted molar refractivity (Wildman–Crippen MR) is 64.3 cm³/mol. The predicted octanol–water partition coefficient (Wildman–Crippen LogP) is 2.10. The lowest BCUT2D eigenvalue weighted by atomic mass is 9.68. The summed E-state index contributed by atoms with van der Waals surface area (Å²) in [5.41, 5.74) is 4.29. The summed E-state index contributed by atoms with van der Waals surface area (Å²) in [5.74, 6) is 0.413. The standard InChI is InChI=1S/C11H17BrN2O/c1-11(2)5-8-10(9(15)6-11)7(3-4-12)13-14-8/h8,10,14H,3-6H2,1-2H3/t8-,10-/m0/s1. The van der Waals surface area contributed by atoms with Crippen LogP contribution in [0.4, 0.5) is 0 Å². The number of rotatable bonds is 2. The van der Waals surface area contributed by atoms with Gasteiger partial charge in [-0.25, -0.2) is 0 Å². The van der Waals surface area contributed by atoms with Crippen molar-refractivity contribution in [3.63, 3.8) is 0 Å². The first kappa shape index (κ1) is 11.1. The molecular formula is C11H17BrN2O. The highest BCUT2D eigenvalue weighted by Gasteiger charge is 2.45. The van der Waals surface area contributed by atoms with E-state index in [0.717, 1.165) is 23.9 Å². The van der Waals surface area contributed by atoms with Crippen LogP contribution in [0.2, 0.25) is 0 Å². The highest BCUT2D eigenvalue weighted by atomic mass is 79.9. The lowest BCUT2D eigenvalue weighted by Gasteiger charge is -2.36. The molecule has 0 aromatic rings. The van der Waals surface area contributed by atoms with E-state index >= 15 is 0 Å². The quantitative estimate of drug-likeness (QED) is 0.783. The van der Waals surface area contributed by atoms with Gasteiger partial charge < -0.3 is 5.43 Å². The van der Waals surface area contributed by atoms with Gasteiger partial charge in [-0.05, 0) is 18.3 Å². The molecule has 0 amide bonds. The molecule has 15 heavy (non-hydrogen) atoms. The van der Waals surface area contributed by atoms with E-state index in [1.54, 1.807) is 0 Å². The molecule has 4 heteroatoms. The zero-order valence-corrected chi connectivity index (χ0v) is 10.8. The second kappa shape index (κ2) is 3.89. The van der Waals surface area contributed by atoms with Gasteiger partial charge in [-0.15, -0.1) is 0 Å². The normalized spacial score (nSPS) is 33.3. The third kappa shape index (κ3) is 2.10. The van der Waals surface area contributed by atoms with Crippen LogP contribution in [0.5, 0.6) is 0 Å². The van der Waals surface area contributed by atoms with Crippen LogP contribution < -0.4 is 5.43 Å². The number of nitrogens with one attached hydrogen (secondary N) is 1. The van der Waals surface area contributed by atoms with E-state index in [1.807, 2.05) is 0 Å². The van der Waals surface area contributed by atoms with Crippen molar-refractivity contribution >= 4 is 27.4 Å². The fourth-order valence-corrected chi connectivity index (χ4v) is 3.08. The third-order valence-electron chi connectivity index (χ3n) is 3.26. The van der Waals surface area contributed by atoms with Crippen LogP contribution in [0.1, 0.15) is 33.1 Å². The Hall–Kier alpha value is -0.380. The van der Waals surface area contributed by atoms with Crippen molar-refractivity contribution in [1.29, 1.82) is 0 Å². The van der Waals surface area contributed by atoms with Crippen molar-refractivity contribution in [2.24, 2.45) is 16.4 Å². The lowest BCUT2D eigenvalue weighted by Crippen LogP contribution is -2.45. The molecule has 84 valence electrons. The first-order valence-corrected chi connectivity index (χ1v) is 6.56. The van der Waals surface area contributed by atoms with Crippen molar-refractivity contribution in [3.05, 3.63) is 0 Å². The number of fused-ring (bicyclic) bond motifs is 1. The van der Waals surface area contributed by atoms with Crippen LogP contribution in [0.3, 0.4) is 0 Å². The fraction of sp³-hybridized carbons (Fsp3) is 0.818. The van der Waals surface area contributed by atoms with Gasteiger partial charge in [-0.3, -0.25) is 4.79 Å². The minimum absolute atomic E-state index is 0.0515. The molecule has 2 atom stereocenters. The highest BCUT2D eigenvalue weighted by molar-refractivity contribution is 9.09. The molecule has 1 aliphatic carbocycles. The Balaban J connectivity index is 2.14. The molecule has 1 aliphatic heterocycles. The average molecular weight is 273 g/mol. The summed E-state index contributed by atoms with van der Waals surface area (Å²) in [6, 6.07) is 0.246. The monoisotopic (exact) mass is 272 g/mol. The number of hydrazone groups is 1. The molecule has 0 aromatic heterocycles. The van der Waals surface area contributed by atoms with Crippen LogP contribution >= 0.6 is 15.9 Å². The van der Waals surface area contributed by atoms with Gasteiger partial charge in [0.2, 0.25) is 0 Å². The van der Waals surface area contributed by atoms with Crippen molar-refractivity contribution in [3.8, 4) is 0 Å². The number of carbonyl (C=O) groups is 1. The van der Waals surface area contributed by atoms with Gasteiger partial charge in [-0.1, -0.05) is 29.8 Å². The Morgan fingerprint density at radius 2 is 2.33 bits per heavy atom. The van der Waals surface area contributed by atoms with Crippen molar-refractivity contribution in [1.82, 2.24) is 5.43 Å². The molecular weight excluding hydrogens is 256 g/mol. The molecule has 0 bridgehead atoms. The average Bonchev–Trinajstić information content (AvgIpc) is 2.46. The molecule has 1 fully saturated rings. The first-order valence-electron chi connectivity index (χ1n) is 5.44. The second-order valence-corrected chi connectivity index (χ2v) is 6.06. The molecule has 0 saturated heterocycles. The number of hydrogen-bond acceptors (Lipinski definition) is 3. The molecule has 1 N–H and O–H groups in total. The molecule has 1 saturated carbocycles. The first-order chi connectivity index (χ1) is 7.03. The molecule has 0 aromatic carbocycles. The number of ketones is 1. The molecule has 0 radical (unpaired) electrons. The maximum atomic E-state index is 12.0. The van der Waals surface area contributed by atoms with Gasteiger partial charge in [-0.2, -0.15) is 5.10 Å². The van der Waals surface area contributed by atoms with Gasteiger partial charge in [0.15, 0.2) is 0 Å². The molecule has 2 aliphatic rings. The summed E-state index contributed by atoms with van der Waals surface area (Å²) in [6.07, 6.45) is 2.61. The van der Waals surface area contributed by atoms with E-state index in [9.17, 15) is 4.79 Å². The third-order valence-corrected chi connectivity index (χ3v) is 3.65. The van der Waals surface area contributed by atoms with E-state index in [-0.39, 0.29) is 17.4 Å². The summed E-state index contributed by atoms with van der Waals surface area (Å²) in [4.78, 5) is 12.0. The van der Waals surface area contributed by atoms with Crippen LogP contribution in [0, 0.1) is 11.3 Å². The van der Waals surface area contributed by atoms with Gasteiger partial charge in [0, 0.05) is 11.8 Å². The number of Topliss-reactive ketones (excluding diaryl/α,β-unsaturated/α-hetero) is 1. The van der Waals surface area contributed by atoms with Crippen molar-refractivity contribution in [2.45, 2.75) is 39.2 Å². The summed E-state index contributed by atoms with van der Waals surface area (Å²) in [6.45, 7) is 4.32. The van der Waals surface area contributed by atoms with Crippen LogP contribution in [-0.4, -0.2) is 22.9 Å². The summed E-state index contributed by atoms with van der Waals surface area (Å²) < 4.78 is 0. The number of carbonyl (C=O) groups excluding carboxylic acids is 1. The van der Waals surface area contributed by atoms with E-state index in [1.165, 1.54) is 0 Å². The van der Waals surface area contributed by atoms with E-state index in [2.05, 4.69) is 40.3 Å². The van der Waals surface area contributed by atoms with Crippen LogP contribution in [-0.2, 0) is 4.79 Å². The maximum Gasteiger partial charge on any atom is 0.144 e. The van der Waals surface area contributed by atoms with E-state index < -0.39 is 0 Å². The van der Waals surface area contributed by atoms with Gasteiger partial charge in [0.05, 0.1) is 17.7 Å². The van der Waals surface area contributed by atoms with Crippen LogP contribution in [0.25, 0.3) is 0 Å². The second-order valence-electron chi connectivity index (χ2n) is 5.27. The Kier molecular flexibility index (Phi) is 2.88. The minimum Gasteiger partial charge on any atom is -0.306 e. The Bertz CT molecular complexity index is 312. The zero-order valence-electron chi connectivity index (χ0n) is 9.22. The number of nitrogens with zero attached hydrogens (tertiary/aromatic N) is 1. The largest absolute Gasteiger partial charge is 0.306 e. The molecule has 0 spiro atoms. The smallest absolute Gasteiger partial charge is 0.144 e. The molecule has 3 nitrogen and oxygen atoms in total. The Morgan fingerprint density at radius 1 is 1.60 bits per heavy atom. The minimum atomic E-state index is 0.0515. The SMILES string of the molecule is CC1(C)CC(=O)[C@H]2C(CCBr)=NN[C@H]2C1. The van der Waals surface area contributed by atoms with Gasteiger partial charge in [0.25, 0.3) is 0 Å². The van der Waals surface area contributed by atoms with Crippen molar-refractivity contribution in [2.75, 3.05) is 5.33 Å². The molecule has 2 rings (SSSR count). The lowest BCUT2D eigenvalue weighted by molar-refractivity contribution is -0.126. The summed E-state index contributed by atoms with van der Waals surface area (Å²) >= 11 is 3.40.